The average molecular weight is 318 g/mol. The summed E-state index contributed by atoms with van der Waals surface area (Å²) in [6, 6.07) is 5.15. The molecule has 0 saturated heterocycles. The van der Waals surface area contributed by atoms with Crippen molar-refractivity contribution in [1.82, 2.24) is 0 Å². The maximum Gasteiger partial charge on any atom is 0.284 e. The molecule has 98 valence electrons. The van der Waals surface area contributed by atoms with Crippen molar-refractivity contribution < 1.29 is 8.78 Å². The van der Waals surface area contributed by atoms with Crippen LogP contribution in [-0.4, -0.2) is 11.6 Å². The number of halogens is 3. The Labute approximate surface area is 113 Å². The van der Waals surface area contributed by atoms with Crippen LogP contribution in [0.3, 0.4) is 0 Å². The largest absolute Gasteiger partial charge is 0.397 e. The van der Waals surface area contributed by atoms with E-state index in [9.17, 15) is 8.78 Å². The second-order valence-corrected chi connectivity index (χ2v) is 4.86. The van der Waals surface area contributed by atoms with Gasteiger partial charge >= 0.3 is 0 Å². The van der Waals surface area contributed by atoms with E-state index in [4.69, 9.17) is 11.5 Å². The summed E-state index contributed by atoms with van der Waals surface area (Å²) in [5, 5.41) is 0. The molecule has 0 unspecified atom stereocenters. The smallest absolute Gasteiger partial charge is 0.284 e. The van der Waals surface area contributed by atoms with E-state index < -0.39 is 11.6 Å². The van der Waals surface area contributed by atoms with Crippen LogP contribution in [0.2, 0.25) is 0 Å². The summed E-state index contributed by atoms with van der Waals surface area (Å²) in [5.74, 6) is -3.05. The first-order chi connectivity index (χ1) is 8.20. The van der Waals surface area contributed by atoms with Gasteiger partial charge in [0.15, 0.2) is 0 Å². The lowest BCUT2D eigenvalue weighted by atomic mass is 10.2. The Hall–Kier alpha value is -1.43. The summed E-state index contributed by atoms with van der Waals surface area (Å²) in [4.78, 5) is 4.13. The van der Waals surface area contributed by atoms with Crippen LogP contribution in [0, 0.1) is 0 Å². The van der Waals surface area contributed by atoms with Gasteiger partial charge in [-0.1, -0.05) is 15.9 Å². The lowest BCUT2D eigenvalue weighted by Gasteiger charge is -2.10. The average Bonchev–Trinajstić information content (AvgIpc) is 2.20. The van der Waals surface area contributed by atoms with E-state index in [1.54, 1.807) is 25.1 Å². The van der Waals surface area contributed by atoms with Gasteiger partial charge in [0.2, 0.25) is 0 Å². The van der Waals surface area contributed by atoms with Gasteiger partial charge in [-0.05, 0) is 31.2 Å². The predicted octanol–water partition coefficient (Wildman–Crippen LogP) is 3.62. The SMILES string of the molecule is CC(C=C(N)C(C)(F)F)=Nc1ccc(Br)cc1N. The highest BCUT2D eigenvalue weighted by atomic mass is 79.9. The van der Waals surface area contributed by atoms with Crippen LogP contribution in [-0.2, 0) is 0 Å². The second-order valence-electron chi connectivity index (χ2n) is 3.94. The maximum absolute atomic E-state index is 12.9. The summed E-state index contributed by atoms with van der Waals surface area (Å²) in [6.07, 6.45) is 1.14. The molecule has 4 N–H and O–H groups in total. The van der Waals surface area contributed by atoms with Crippen LogP contribution < -0.4 is 11.5 Å². The Morgan fingerprint density at radius 2 is 2.06 bits per heavy atom. The third-order valence-electron chi connectivity index (χ3n) is 2.16. The van der Waals surface area contributed by atoms with E-state index in [1.807, 2.05) is 0 Å². The third-order valence-corrected chi connectivity index (χ3v) is 2.65. The lowest BCUT2D eigenvalue weighted by molar-refractivity contribution is 0.0619. The normalized spacial score (nSPS) is 13.8. The van der Waals surface area contributed by atoms with Crippen LogP contribution in [0.5, 0.6) is 0 Å². The summed E-state index contributed by atoms with van der Waals surface area (Å²) in [7, 11) is 0. The summed E-state index contributed by atoms with van der Waals surface area (Å²) < 4.78 is 26.6. The van der Waals surface area contributed by atoms with Gasteiger partial charge in [-0.2, -0.15) is 0 Å². The van der Waals surface area contributed by atoms with Crippen molar-refractivity contribution in [3.8, 4) is 0 Å². The zero-order chi connectivity index (χ0) is 13.9. The minimum atomic E-state index is -3.05. The van der Waals surface area contributed by atoms with Gasteiger partial charge in [-0.15, -0.1) is 0 Å². The molecule has 6 heteroatoms. The van der Waals surface area contributed by atoms with Crippen molar-refractivity contribution in [3.63, 3.8) is 0 Å². The van der Waals surface area contributed by atoms with Crippen molar-refractivity contribution in [2.75, 3.05) is 5.73 Å². The fraction of sp³-hybridized carbons (Fsp3) is 0.250. The first-order valence-corrected chi connectivity index (χ1v) is 5.95. The number of rotatable bonds is 3. The van der Waals surface area contributed by atoms with Crippen molar-refractivity contribution in [2.45, 2.75) is 19.8 Å². The minimum absolute atomic E-state index is 0.364. The molecule has 0 bridgehead atoms. The van der Waals surface area contributed by atoms with Crippen molar-refractivity contribution >= 4 is 33.0 Å². The first-order valence-electron chi connectivity index (χ1n) is 5.16. The summed E-state index contributed by atoms with van der Waals surface area (Å²) >= 11 is 3.27. The molecule has 1 rings (SSSR count). The molecule has 0 radical (unpaired) electrons. The summed E-state index contributed by atoms with van der Waals surface area (Å²) in [5.41, 5.74) is 11.8. The van der Waals surface area contributed by atoms with Crippen molar-refractivity contribution in [1.29, 1.82) is 0 Å². The number of benzene rings is 1. The highest BCUT2D eigenvalue weighted by Gasteiger charge is 2.24. The zero-order valence-electron chi connectivity index (χ0n) is 10.0. The van der Waals surface area contributed by atoms with Crippen molar-refractivity contribution in [2.24, 2.45) is 10.7 Å². The number of nitrogen functional groups attached to an aromatic ring is 1. The Balaban J connectivity index is 3.03. The zero-order valence-corrected chi connectivity index (χ0v) is 11.6. The molecule has 0 fully saturated rings. The van der Waals surface area contributed by atoms with Crippen LogP contribution >= 0.6 is 15.9 Å². The Morgan fingerprint density at radius 1 is 1.44 bits per heavy atom. The van der Waals surface area contributed by atoms with Gasteiger partial charge < -0.3 is 11.5 Å². The van der Waals surface area contributed by atoms with E-state index in [1.165, 1.54) is 0 Å². The molecule has 0 heterocycles. The number of aliphatic imine (C=N–C) groups is 1. The second kappa shape index (κ2) is 5.48. The molecule has 18 heavy (non-hydrogen) atoms. The van der Waals surface area contributed by atoms with Gasteiger partial charge in [0.25, 0.3) is 5.92 Å². The third kappa shape index (κ3) is 4.10. The fourth-order valence-corrected chi connectivity index (χ4v) is 1.58. The molecule has 0 aliphatic rings. The number of anilines is 1. The molecule has 0 spiro atoms. The number of nitrogens with zero attached hydrogens (tertiary/aromatic N) is 1. The highest BCUT2D eigenvalue weighted by molar-refractivity contribution is 9.10. The van der Waals surface area contributed by atoms with E-state index >= 15 is 0 Å². The van der Waals surface area contributed by atoms with Crippen LogP contribution in [0.4, 0.5) is 20.2 Å². The molecule has 0 aliphatic carbocycles. The molecular formula is C12H14BrF2N3. The standard InChI is InChI=1S/C12H14BrF2N3/c1-7(5-11(17)12(2,14)15)18-10-4-3-8(13)6-9(10)16/h3-6H,16-17H2,1-2H3. The minimum Gasteiger partial charge on any atom is -0.397 e. The first kappa shape index (κ1) is 14.6. The van der Waals surface area contributed by atoms with Gasteiger partial charge in [-0.25, -0.2) is 8.78 Å². The Kier molecular flexibility index (Phi) is 4.45. The molecule has 3 nitrogen and oxygen atoms in total. The predicted molar refractivity (Wildman–Crippen MR) is 74.2 cm³/mol. The molecular weight excluding hydrogens is 304 g/mol. The van der Waals surface area contributed by atoms with Crippen LogP contribution in [0.25, 0.3) is 0 Å². The van der Waals surface area contributed by atoms with Crippen molar-refractivity contribution in [3.05, 3.63) is 34.4 Å². The number of nitrogens with two attached hydrogens (primary N) is 2. The van der Waals surface area contributed by atoms with E-state index in [-0.39, 0.29) is 0 Å². The number of alkyl halides is 2. The molecule has 0 aromatic heterocycles. The molecule has 1 aromatic rings. The quantitative estimate of drug-likeness (QED) is 0.660. The molecule has 0 aliphatic heterocycles. The Bertz CT molecular complexity index is 505. The number of hydrogen-bond acceptors (Lipinski definition) is 3. The van der Waals surface area contributed by atoms with Gasteiger partial charge in [-0.3, -0.25) is 4.99 Å². The number of allylic oxidation sites excluding steroid dienone is 2. The summed E-state index contributed by atoms with van der Waals surface area (Å²) in [6.45, 7) is 2.32. The lowest BCUT2D eigenvalue weighted by Crippen LogP contribution is -2.21. The topological polar surface area (TPSA) is 64.4 Å². The van der Waals surface area contributed by atoms with E-state index in [2.05, 4.69) is 20.9 Å². The Morgan fingerprint density at radius 3 is 2.56 bits per heavy atom. The molecule has 0 atom stereocenters. The van der Waals surface area contributed by atoms with Crippen LogP contribution in [0.1, 0.15) is 13.8 Å². The maximum atomic E-state index is 12.9. The molecule has 1 aromatic carbocycles. The highest BCUT2D eigenvalue weighted by Crippen LogP contribution is 2.26. The van der Waals surface area contributed by atoms with E-state index in [0.29, 0.717) is 17.1 Å². The van der Waals surface area contributed by atoms with E-state index in [0.717, 1.165) is 17.5 Å². The van der Waals surface area contributed by atoms with Gasteiger partial charge in [0.05, 0.1) is 17.1 Å². The van der Waals surface area contributed by atoms with Gasteiger partial charge in [0, 0.05) is 17.1 Å². The molecule has 0 amide bonds. The van der Waals surface area contributed by atoms with Gasteiger partial charge in [0.1, 0.15) is 0 Å². The molecule has 0 saturated carbocycles. The number of hydrogen-bond donors (Lipinski definition) is 2. The van der Waals surface area contributed by atoms with Crippen LogP contribution in [0.15, 0.2) is 39.4 Å². The fourth-order valence-electron chi connectivity index (χ4n) is 1.20. The monoisotopic (exact) mass is 317 g/mol.